The lowest BCUT2D eigenvalue weighted by molar-refractivity contribution is 0.0743. The lowest BCUT2D eigenvalue weighted by Crippen LogP contribution is -2.36. The SMILES string of the molecule is Cc1nc(C)c(-c2csc(Cc3ccc(C(=O)N4CCC(=CC#N)CC4)cn3)n2)s1. The highest BCUT2D eigenvalue weighted by Gasteiger charge is 2.20. The lowest BCUT2D eigenvalue weighted by Gasteiger charge is -2.28. The largest absolute Gasteiger partial charge is 0.338 e. The maximum Gasteiger partial charge on any atom is 0.255 e. The van der Waals surface area contributed by atoms with E-state index in [0.29, 0.717) is 25.1 Å². The van der Waals surface area contributed by atoms with Crippen molar-refractivity contribution >= 4 is 28.6 Å². The molecule has 0 atom stereocenters. The number of thiazole rings is 2. The van der Waals surface area contributed by atoms with Crippen LogP contribution in [-0.4, -0.2) is 38.8 Å². The Labute approximate surface area is 183 Å². The second-order valence-corrected chi connectivity index (χ2v) is 9.36. The van der Waals surface area contributed by atoms with Crippen molar-refractivity contribution in [2.24, 2.45) is 0 Å². The second kappa shape index (κ2) is 8.86. The van der Waals surface area contributed by atoms with Crippen molar-refractivity contribution in [1.82, 2.24) is 19.9 Å². The molecule has 3 aromatic rings. The number of carbonyl (C=O) groups is 1. The second-order valence-electron chi connectivity index (χ2n) is 7.21. The van der Waals surface area contributed by atoms with E-state index in [1.54, 1.807) is 34.9 Å². The highest BCUT2D eigenvalue weighted by Crippen LogP contribution is 2.31. The summed E-state index contributed by atoms with van der Waals surface area (Å²) in [7, 11) is 0. The van der Waals surface area contributed by atoms with Gasteiger partial charge >= 0.3 is 0 Å². The minimum atomic E-state index is -0.00219. The van der Waals surface area contributed by atoms with Crippen molar-refractivity contribution < 1.29 is 4.79 Å². The number of nitriles is 1. The number of likely N-dealkylation sites (tertiary alicyclic amines) is 1. The van der Waals surface area contributed by atoms with Gasteiger partial charge in [0.05, 0.1) is 37.9 Å². The quantitative estimate of drug-likeness (QED) is 0.561. The van der Waals surface area contributed by atoms with Crippen LogP contribution in [-0.2, 0) is 6.42 Å². The highest BCUT2D eigenvalue weighted by atomic mass is 32.1. The molecule has 1 aliphatic heterocycles. The van der Waals surface area contributed by atoms with Gasteiger partial charge in [-0.15, -0.1) is 22.7 Å². The maximum absolute atomic E-state index is 12.7. The summed E-state index contributed by atoms with van der Waals surface area (Å²) in [6, 6.07) is 5.82. The van der Waals surface area contributed by atoms with Crippen molar-refractivity contribution in [2.75, 3.05) is 13.1 Å². The fourth-order valence-electron chi connectivity index (χ4n) is 3.49. The Kier molecular flexibility index (Phi) is 6.02. The van der Waals surface area contributed by atoms with E-state index in [2.05, 4.69) is 21.4 Å². The van der Waals surface area contributed by atoms with Crippen molar-refractivity contribution in [3.63, 3.8) is 0 Å². The van der Waals surface area contributed by atoms with Crippen molar-refractivity contribution in [2.45, 2.75) is 33.1 Å². The van der Waals surface area contributed by atoms with E-state index in [0.717, 1.165) is 50.4 Å². The minimum Gasteiger partial charge on any atom is -0.338 e. The number of hydrogen-bond acceptors (Lipinski definition) is 7. The fourth-order valence-corrected chi connectivity index (χ4v) is 5.25. The molecule has 4 rings (SSSR count). The lowest BCUT2D eigenvalue weighted by atomic mass is 10.0. The Hall–Kier alpha value is -2.89. The summed E-state index contributed by atoms with van der Waals surface area (Å²) in [5, 5.41) is 12.9. The van der Waals surface area contributed by atoms with Crippen LogP contribution in [0.4, 0.5) is 0 Å². The Morgan fingerprint density at radius 3 is 2.70 bits per heavy atom. The first kappa shape index (κ1) is 20.4. The smallest absolute Gasteiger partial charge is 0.255 e. The molecule has 0 aliphatic carbocycles. The molecule has 30 heavy (non-hydrogen) atoms. The summed E-state index contributed by atoms with van der Waals surface area (Å²) < 4.78 is 0. The van der Waals surface area contributed by atoms with E-state index in [9.17, 15) is 4.79 Å². The molecule has 0 aromatic carbocycles. The Morgan fingerprint density at radius 1 is 1.27 bits per heavy atom. The molecule has 0 bridgehead atoms. The summed E-state index contributed by atoms with van der Waals surface area (Å²) in [6.45, 7) is 5.31. The number of rotatable bonds is 4. The Morgan fingerprint density at radius 2 is 2.07 bits per heavy atom. The normalized spacial score (nSPS) is 13.9. The van der Waals surface area contributed by atoms with Gasteiger partial charge in [0, 0.05) is 42.9 Å². The molecule has 0 radical (unpaired) electrons. The van der Waals surface area contributed by atoms with Crippen molar-refractivity contribution in [3.05, 3.63) is 62.3 Å². The molecule has 6 nitrogen and oxygen atoms in total. The first-order valence-corrected chi connectivity index (χ1v) is 11.4. The Balaban J connectivity index is 1.40. The molecule has 152 valence electrons. The van der Waals surface area contributed by atoms with Gasteiger partial charge in [0.15, 0.2) is 0 Å². The van der Waals surface area contributed by atoms with Crippen LogP contribution in [0.25, 0.3) is 10.6 Å². The Bertz CT molecular complexity index is 1130. The predicted octanol–water partition coefficient (Wildman–Crippen LogP) is 4.56. The maximum atomic E-state index is 12.7. The van der Waals surface area contributed by atoms with Crippen LogP contribution in [0.5, 0.6) is 0 Å². The first-order chi connectivity index (χ1) is 14.5. The summed E-state index contributed by atoms with van der Waals surface area (Å²) >= 11 is 3.28. The average Bonchev–Trinajstić information content (AvgIpc) is 3.34. The molecule has 0 spiro atoms. The van der Waals surface area contributed by atoms with Gasteiger partial charge in [-0.05, 0) is 38.8 Å². The molecule has 0 N–H and O–H groups in total. The van der Waals surface area contributed by atoms with Crippen molar-refractivity contribution in [3.8, 4) is 16.6 Å². The number of nitrogens with zero attached hydrogens (tertiary/aromatic N) is 5. The molecule has 1 amide bonds. The van der Waals surface area contributed by atoms with E-state index in [-0.39, 0.29) is 5.91 Å². The number of pyridine rings is 1. The van der Waals surface area contributed by atoms with E-state index < -0.39 is 0 Å². The van der Waals surface area contributed by atoms with Gasteiger partial charge in [-0.25, -0.2) is 9.97 Å². The van der Waals surface area contributed by atoms with Gasteiger partial charge in [-0.3, -0.25) is 9.78 Å². The molecule has 1 aliphatic rings. The first-order valence-electron chi connectivity index (χ1n) is 9.74. The molecule has 4 heterocycles. The van der Waals surface area contributed by atoms with Crippen LogP contribution in [0.1, 0.15) is 44.6 Å². The zero-order valence-electron chi connectivity index (χ0n) is 16.9. The van der Waals surface area contributed by atoms with Gasteiger partial charge < -0.3 is 4.90 Å². The van der Waals surface area contributed by atoms with Crippen LogP contribution >= 0.6 is 22.7 Å². The molecule has 0 saturated carbocycles. The summed E-state index contributed by atoms with van der Waals surface area (Å²) in [6.07, 6.45) is 5.41. The number of aryl methyl sites for hydroxylation is 2. The van der Waals surface area contributed by atoms with Gasteiger partial charge in [-0.2, -0.15) is 5.26 Å². The number of carbonyl (C=O) groups excluding carboxylic acids is 1. The van der Waals surface area contributed by atoms with E-state index in [4.69, 9.17) is 10.2 Å². The van der Waals surface area contributed by atoms with Gasteiger partial charge in [0.25, 0.3) is 5.91 Å². The molecule has 0 unspecified atom stereocenters. The predicted molar refractivity (Wildman–Crippen MR) is 119 cm³/mol. The number of piperidine rings is 1. The molecule has 8 heteroatoms. The molecule has 1 fully saturated rings. The summed E-state index contributed by atoms with van der Waals surface area (Å²) in [4.78, 5) is 29.4. The molecular weight excluding hydrogens is 414 g/mol. The third kappa shape index (κ3) is 4.48. The van der Waals surface area contributed by atoms with Gasteiger partial charge in [-0.1, -0.05) is 5.57 Å². The zero-order chi connectivity index (χ0) is 21.1. The van der Waals surface area contributed by atoms with Crippen LogP contribution in [0.3, 0.4) is 0 Å². The van der Waals surface area contributed by atoms with Gasteiger partial charge in [0.1, 0.15) is 0 Å². The fraction of sp³-hybridized carbons (Fsp3) is 0.318. The summed E-state index contributed by atoms with van der Waals surface area (Å²) in [5.74, 6) is -0.00219. The number of amides is 1. The molecule has 1 saturated heterocycles. The van der Waals surface area contributed by atoms with Crippen LogP contribution in [0.2, 0.25) is 0 Å². The number of allylic oxidation sites excluding steroid dienone is 1. The zero-order valence-corrected chi connectivity index (χ0v) is 18.5. The van der Waals surface area contributed by atoms with Crippen LogP contribution in [0, 0.1) is 25.2 Å². The number of aromatic nitrogens is 3. The summed E-state index contributed by atoms with van der Waals surface area (Å²) in [5.41, 5.74) is 4.59. The highest BCUT2D eigenvalue weighted by molar-refractivity contribution is 7.15. The molecular formula is C22H21N5OS2. The van der Waals surface area contributed by atoms with Crippen molar-refractivity contribution in [1.29, 1.82) is 5.26 Å². The third-order valence-corrected chi connectivity index (χ3v) is 7.00. The van der Waals surface area contributed by atoms with E-state index in [1.807, 2.05) is 30.9 Å². The van der Waals surface area contributed by atoms with E-state index in [1.165, 1.54) is 0 Å². The van der Waals surface area contributed by atoms with E-state index >= 15 is 0 Å². The number of hydrogen-bond donors (Lipinski definition) is 0. The van der Waals surface area contributed by atoms with Crippen LogP contribution < -0.4 is 0 Å². The third-order valence-electron chi connectivity index (χ3n) is 5.05. The average molecular weight is 436 g/mol. The van der Waals surface area contributed by atoms with Gasteiger partial charge in [0.2, 0.25) is 0 Å². The topological polar surface area (TPSA) is 82.8 Å². The van der Waals surface area contributed by atoms with Crippen LogP contribution in [0.15, 0.2) is 35.4 Å². The molecule has 3 aromatic heterocycles. The monoisotopic (exact) mass is 435 g/mol. The minimum absolute atomic E-state index is 0.00219. The standard InChI is InChI=1S/C22H21N5OS2/c1-14-21(30-15(2)25-14)19-13-29-20(26-19)11-18-4-3-17(12-24-18)22(28)27-9-6-16(5-8-23)7-10-27/h3-5,12-13H,6-7,9-11H2,1-2H3.